The Kier molecular flexibility index (Phi) is 4.37. The van der Waals surface area contributed by atoms with Crippen molar-refractivity contribution in [2.75, 3.05) is 14.2 Å². The molecule has 0 aliphatic heterocycles. The minimum absolute atomic E-state index is 0.0253. The molecule has 1 aromatic carbocycles. The number of nitro groups is 1. The second-order valence-electron chi connectivity index (χ2n) is 4.24. The summed E-state index contributed by atoms with van der Waals surface area (Å²) in [6, 6.07) is 5.35. The van der Waals surface area contributed by atoms with Crippen LogP contribution < -0.4 is 9.47 Å². The second kappa shape index (κ2) is 6.04. The molecule has 8 heteroatoms. The van der Waals surface area contributed by atoms with Crippen molar-refractivity contribution in [2.24, 2.45) is 7.05 Å². The predicted octanol–water partition coefficient (Wildman–Crippen LogP) is 2.81. The lowest BCUT2D eigenvalue weighted by atomic mass is 10.3. The topological polar surface area (TPSA) is 79.4 Å². The van der Waals surface area contributed by atoms with Crippen LogP contribution >= 0.6 is 11.8 Å². The van der Waals surface area contributed by atoms with Gasteiger partial charge in [-0.2, -0.15) is 5.10 Å². The molecule has 0 radical (unpaired) electrons. The average Bonchev–Trinajstić information content (AvgIpc) is 2.73. The maximum atomic E-state index is 11.2. The Labute approximate surface area is 126 Å². The summed E-state index contributed by atoms with van der Waals surface area (Å²) >= 11 is 1.26. The molecule has 0 saturated heterocycles. The van der Waals surface area contributed by atoms with Crippen molar-refractivity contribution in [3.8, 4) is 11.5 Å². The van der Waals surface area contributed by atoms with Gasteiger partial charge in [-0.05, 0) is 25.1 Å². The van der Waals surface area contributed by atoms with Gasteiger partial charge in [0.25, 0.3) is 0 Å². The molecule has 2 rings (SSSR count). The summed E-state index contributed by atoms with van der Waals surface area (Å²) in [5, 5.41) is 15.7. The molecule has 1 aromatic heterocycles. The first kappa shape index (κ1) is 15.2. The largest absolute Gasteiger partial charge is 0.493 e. The highest BCUT2D eigenvalue weighted by Crippen LogP contribution is 2.39. The highest BCUT2D eigenvalue weighted by atomic mass is 32.2. The molecule has 0 unspecified atom stereocenters. The van der Waals surface area contributed by atoms with Gasteiger partial charge >= 0.3 is 5.69 Å². The summed E-state index contributed by atoms with van der Waals surface area (Å²) in [4.78, 5) is 11.6. The van der Waals surface area contributed by atoms with Crippen LogP contribution in [0, 0.1) is 17.0 Å². The zero-order chi connectivity index (χ0) is 15.6. The maximum absolute atomic E-state index is 11.2. The Morgan fingerprint density at radius 3 is 2.52 bits per heavy atom. The molecule has 0 spiro atoms. The minimum Gasteiger partial charge on any atom is -0.493 e. The van der Waals surface area contributed by atoms with Crippen molar-refractivity contribution in [2.45, 2.75) is 16.8 Å². The zero-order valence-electron chi connectivity index (χ0n) is 12.1. The van der Waals surface area contributed by atoms with Gasteiger partial charge in [0.2, 0.25) is 0 Å². The molecule has 0 fully saturated rings. The number of rotatable bonds is 5. The molecule has 0 saturated carbocycles. The van der Waals surface area contributed by atoms with E-state index >= 15 is 0 Å². The average molecular weight is 309 g/mol. The van der Waals surface area contributed by atoms with Crippen LogP contribution in [0.25, 0.3) is 0 Å². The van der Waals surface area contributed by atoms with Crippen LogP contribution in [-0.2, 0) is 7.05 Å². The molecule has 0 aliphatic rings. The lowest BCUT2D eigenvalue weighted by molar-refractivity contribution is -0.388. The molecular weight excluding hydrogens is 294 g/mol. The molecule has 0 amide bonds. The van der Waals surface area contributed by atoms with E-state index in [9.17, 15) is 10.1 Å². The molecule has 1 heterocycles. The van der Waals surface area contributed by atoms with Gasteiger partial charge in [0.1, 0.15) is 5.69 Å². The highest BCUT2D eigenvalue weighted by molar-refractivity contribution is 7.99. The standard InChI is InChI=1S/C13H15N3O4S/c1-8-12(16(17)18)13(15(2)14-8)21-9-5-6-10(19-3)11(7-9)20-4/h5-7H,1-4H3. The van der Waals surface area contributed by atoms with E-state index in [0.717, 1.165) is 4.90 Å². The Hall–Kier alpha value is -2.22. The maximum Gasteiger partial charge on any atom is 0.324 e. The molecule has 0 aliphatic carbocycles. The van der Waals surface area contributed by atoms with Crippen molar-refractivity contribution in [3.63, 3.8) is 0 Å². The van der Waals surface area contributed by atoms with Crippen molar-refractivity contribution in [3.05, 3.63) is 34.0 Å². The van der Waals surface area contributed by atoms with E-state index in [0.29, 0.717) is 22.2 Å². The Morgan fingerprint density at radius 1 is 1.29 bits per heavy atom. The molecule has 0 atom stereocenters. The van der Waals surface area contributed by atoms with Gasteiger partial charge in [0, 0.05) is 11.9 Å². The third-order valence-electron chi connectivity index (χ3n) is 2.89. The van der Waals surface area contributed by atoms with E-state index in [1.54, 1.807) is 40.3 Å². The highest BCUT2D eigenvalue weighted by Gasteiger charge is 2.25. The number of aromatic nitrogens is 2. The SMILES string of the molecule is COc1ccc(Sc2c([N+](=O)[O-])c(C)nn2C)cc1OC. The summed E-state index contributed by atoms with van der Waals surface area (Å²) in [6.07, 6.45) is 0. The van der Waals surface area contributed by atoms with Crippen LogP contribution in [-0.4, -0.2) is 28.9 Å². The van der Waals surface area contributed by atoms with Crippen LogP contribution in [0.15, 0.2) is 28.1 Å². The molecule has 7 nitrogen and oxygen atoms in total. The monoisotopic (exact) mass is 309 g/mol. The first-order chi connectivity index (χ1) is 9.97. The van der Waals surface area contributed by atoms with Crippen molar-refractivity contribution >= 4 is 17.4 Å². The van der Waals surface area contributed by atoms with Crippen LogP contribution in [0.2, 0.25) is 0 Å². The van der Waals surface area contributed by atoms with Crippen LogP contribution in [0.1, 0.15) is 5.69 Å². The summed E-state index contributed by atoms with van der Waals surface area (Å²) in [5.74, 6) is 1.18. The van der Waals surface area contributed by atoms with E-state index < -0.39 is 4.92 Å². The number of ether oxygens (including phenoxy) is 2. The van der Waals surface area contributed by atoms with E-state index in [4.69, 9.17) is 9.47 Å². The summed E-state index contributed by atoms with van der Waals surface area (Å²) in [5.41, 5.74) is 0.419. The first-order valence-electron chi connectivity index (χ1n) is 6.05. The fraction of sp³-hybridized carbons (Fsp3) is 0.308. The molecule has 112 valence electrons. The zero-order valence-corrected chi connectivity index (χ0v) is 12.9. The normalized spacial score (nSPS) is 10.5. The van der Waals surface area contributed by atoms with Gasteiger partial charge in [0.15, 0.2) is 16.5 Å². The predicted molar refractivity (Wildman–Crippen MR) is 78.3 cm³/mol. The van der Waals surface area contributed by atoms with Gasteiger partial charge in [-0.15, -0.1) is 0 Å². The van der Waals surface area contributed by atoms with Crippen LogP contribution in [0.4, 0.5) is 5.69 Å². The van der Waals surface area contributed by atoms with Gasteiger partial charge in [-0.1, -0.05) is 11.8 Å². The number of nitrogens with zero attached hydrogens (tertiary/aromatic N) is 3. The summed E-state index contributed by atoms with van der Waals surface area (Å²) in [7, 11) is 4.78. The Bertz CT molecular complexity index is 684. The Morgan fingerprint density at radius 2 is 1.95 bits per heavy atom. The molecule has 21 heavy (non-hydrogen) atoms. The minimum atomic E-state index is -0.411. The number of hydrogen-bond donors (Lipinski definition) is 0. The third-order valence-corrected chi connectivity index (χ3v) is 4.03. The smallest absolute Gasteiger partial charge is 0.324 e. The lowest BCUT2D eigenvalue weighted by Gasteiger charge is -2.09. The van der Waals surface area contributed by atoms with Gasteiger partial charge in [-0.25, -0.2) is 0 Å². The summed E-state index contributed by atoms with van der Waals surface area (Å²) < 4.78 is 11.9. The van der Waals surface area contributed by atoms with Gasteiger partial charge in [0.05, 0.1) is 19.1 Å². The van der Waals surface area contributed by atoms with E-state index in [-0.39, 0.29) is 5.69 Å². The third kappa shape index (κ3) is 2.94. The molecule has 0 N–H and O–H groups in total. The Balaban J connectivity index is 2.41. The molecular formula is C13H15N3O4S. The molecule has 2 aromatic rings. The fourth-order valence-electron chi connectivity index (χ4n) is 1.94. The number of benzene rings is 1. The number of hydrogen-bond acceptors (Lipinski definition) is 6. The lowest BCUT2D eigenvalue weighted by Crippen LogP contribution is -1.95. The van der Waals surface area contributed by atoms with Crippen molar-refractivity contribution < 1.29 is 14.4 Å². The summed E-state index contributed by atoms with van der Waals surface area (Å²) in [6.45, 7) is 1.62. The van der Waals surface area contributed by atoms with Gasteiger partial charge < -0.3 is 9.47 Å². The number of aryl methyl sites for hydroxylation is 2. The fourth-order valence-corrected chi connectivity index (χ4v) is 2.96. The van der Waals surface area contributed by atoms with Crippen molar-refractivity contribution in [1.82, 2.24) is 9.78 Å². The van der Waals surface area contributed by atoms with E-state index in [1.165, 1.54) is 16.4 Å². The first-order valence-corrected chi connectivity index (χ1v) is 6.87. The molecule has 0 bridgehead atoms. The van der Waals surface area contributed by atoms with Gasteiger partial charge in [-0.3, -0.25) is 14.8 Å². The van der Waals surface area contributed by atoms with Crippen LogP contribution in [0.5, 0.6) is 11.5 Å². The van der Waals surface area contributed by atoms with E-state index in [1.807, 2.05) is 6.07 Å². The number of methoxy groups -OCH3 is 2. The second-order valence-corrected chi connectivity index (χ2v) is 5.30. The quantitative estimate of drug-likeness (QED) is 0.624. The van der Waals surface area contributed by atoms with Crippen LogP contribution in [0.3, 0.4) is 0 Å². The van der Waals surface area contributed by atoms with Crippen molar-refractivity contribution in [1.29, 1.82) is 0 Å². The van der Waals surface area contributed by atoms with E-state index in [2.05, 4.69) is 5.10 Å².